The largest absolute Gasteiger partial charge is 0.508 e. The number of fused-ring (bicyclic) bond motifs is 3. The molecule has 0 unspecified atom stereocenters. The van der Waals surface area contributed by atoms with E-state index in [0.717, 1.165) is 37.0 Å². The van der Waals surface area contributed by atoms with Crippen molar-refractivity contribution in [1.29, 1.82) is 0 Å². The lowest BCUT2D eigenvalue weighted by Crippen LogP contribution is -2.45. The van der Waals surface area contributed by atoms with Gasteiger partial charge in [-0.2, -0.15) is 0 Å². The maximum atomic E-state index is 10.6. The van der Waals surface area contributed by atoms with Crippen LogP contribution in [0.25, 0.3) is 0 Å². The van der Waals surface area contributed by atoms with Gasteiger partial charge in [0.1, 0.15) is 17.1 Å². The van der Waals surface area contributed by atoms with Gasteiger partial charge in [0.05, 0.1) is 0 Å². The van der Waals surface area contributed by atoms with Gasteiger partial charge in [-0.15, -0.1) is 0 Å². The van der Waals surface area contributed by atoms with Gasteiger partial charge in [0.15, 0.2) is 0 Å². The molecular weight excluding hydrogens is 260 g/mol. The van der Waals surface area contributed by atoms with E-state index in [4.69, 9.17) is 4.74 Å². The standard InChI is InChI=1S/C19H26O2/c1-5-6-13-10-16(20)18-14-9-12(2)7-8-15(14)19(3,4)21-17(18)11-13/h7,10-11,14-15,20H,5-6,8-9H2,1-4H3/t14-,15-/m1/s1. The molecule has 2 heteroatoms. The molecule has 21 heavy (non-hydrogen) atoms. The van der Waals surface area contributed by atoms with Crippen LogP contribution in [0.2, 0.25) is 0 Å². The minimum atomic E-state index is -0.174. The fraction of sp³-hybridized carbons (Fsp3) is 0.579. The molecule has 2 nitrogen and oxygen atoms in total. The molecule has 1 aliphatic heterocycles. The molecule has 0 bridgehead atoms. The van der Waals surface area contributed by atoms with Crippen molar-refractivity contribution in [3.05, 3.63) is 34.9 Å². The molecule has 114 valence electrons. The third-order valence-electron chi connectivity index (χ3n) is 5.10. The first kappa shape index (κ1) is 14.5. The van der Waals surface area contributed by atoms with E-state index in [9.17, 15) is 5.11 Å². The fourth-order valence-electron chi connectivity index (χ4n) is 4.05. The highest BCUT2D eigenvalue weighted by Gasteiger charge is 2.45. The summed E-state index contributed by atoms with van der Waals surface area (Å²) in [6, 6.07) is 4.08. The molecule has 1 aromatic carbocycles. The Hall–Kier alpha value is -1.44. The maximum absolute atomic E-state index is 10.6. The first-order valence-electron chi connectivity index (χ1n) is 8.12. The van der Waals surface area contributed by atoms with Crippen LogP contribution in [0.3, 0.4) is 0 Å². The summed E-state index contributed by atoms with van der Waals surface area (Å²) in [5.74, 6) is 2.15. The lowest BCUT2D eigenvalue weighted by molar-refractivity contribution is 0.00753. The summed E-state index contributed by atoms with van der Waals surface area (Å²) in [4.78, 5) is 0. The van der Waals surface area contributed by atoms with Gasteiger partial charge in [0.25, 0.3) is 0 Å². The highest BCUT2D eigenvalue weighted by Crippen LogP contribution is 2.54. The minimum absolute atomic E-state index is 0.174. The van der Waals surface area contributed by atoms with Crippen LogP contribution in [0.15, 0.2) is 23.8 Å². The van der Waals surface area contributed by atoms with E-state index < -0.39 is 0 Å². The van der Waals surface area contributed by atoms with Crippen molar-refractivity contribution < 1.29 is 9.84 Å². The molecule has 0 radical (unpaired) electrons. The number of aromatic hydroxyl groups is 1. The average Bonchev–Trinajstić information content (AvgIpc) is 2.37. The highest BCUT2D eigenvalue weighted by atomic mass is 16.5. The topological polar surface area (TPSA) is 29.5 Å². The summed E-state index contributed by atoms with van der Waals surface area (Å²) in [6.07, 6.45) is 6.47. The Morgan fingerprint density at radius 3 is 2.81 bits per heavy atom. The maximum Gasteiger partial charge on any atom is 0.127 e. The molecule has 2 aliphatic rings. The number of hydrogen-bond donors (Lipinski definition) is 1. The first-order chi connectivity index (χ1) is 9.92. The zero-order valence-corrected chi connectivity index (χ0v) is 13.6. The SMILES string of the molecule is CCCc1cc(O)c2c(c1)OC(C)(C)[C@@H]1CC=C(C)C[C@@H]21. The fourth-order valence-corrected chi connectivity index (χ4v) is 4.05. The third-order valence-corrected chi connectivity index (χ3v) is 5.10. The second-order valence-corrected chi connectivity index (χ2v) is 7.19. The summed E-state index contributed by atoms with van der Waals surface area (Å²) >= 11 is 0. The lowest BCUT2D eigenvalue weighted by atomic mass is 9.67. The quantitative estimate of drug-likeness (QED) is 0.779. The van der Waals surface area contributed by atoms with E-state index in [0.29, 0.717) is 17.6 Å². The third kappa shape index (κ3) is 2.45. The van der Waals surface area contributed by atoms with E-state index in [1.54, 1.807) is 0 Å². The van der Waals surface area contributed by atoms with Crippen molar-refractivity contribution in [1.82, 2.24) is 0 Å². The minimum Gasteiger partial charge on any atom is -0.508 e. The Morgan fingerprint density at radius 1 is 1.33 bits per heavy atom. The van der Waals surface area contributed by atoms with Gasteiger partial charge in [-0.1, -0.05) is 25.0 Å². The van der Waals surface area contributed by atoms with Crippen LogP contribution < -0.4 is 4.74 Å². The highest BCUT2D eigenvalue weighted by molar-refractivity contribution is 5.52. The Labute approximate surface area is 127 Å². The molecule has 0 fully saturated rings. The lowest BCUT2D eigenvalue weighted by Gasteiger charge is -2.47. The van der Waals surface area contributed by atoms with Crippen LogP contribution in [0, 0.1) is 5.92 Å². The summed E-state index contributed by atoms with van der Waals surface area (Å²) < 4.78 is 6.30. The summed E-state index contributed by atoms with van der Waals surface area (Å²) in [5, 5.41) is 10.6. The molecule has 0 amide bonds. The van der Waals surface area contributed by atoms with Gasteiger partial charge in [-0.05, 0) is 57.7 Å². The van der Waals surface area contributed by atoms with Crippen molar-refractivity contribution in [3.63, 3.8) is 0 Å². The van der Waals surface area contributed by atoms with E-state index in [1.807, 2.05) is 6.07 Å². The van der Waals surface area contributed by atoms with E-state index >= 15 is 0 Å². The average molecular weight is 286 g/mol. The Balaban J connectivity index is 2.10. The molecule has 0 saturated heterocycles. The summed E-state index contributed by atoms with van der Waals surface area (Å²) in [5.41, 5.74) is 3.46. The zero-order valence-electron chi connectivity index (χ0n) is 13.6. The molecular formula is C19H26O2. The molecule has 0 spiro atoms. The Morgan fingerprint density at radius 2 is 2.10 bits per heavy atom. The van der Waals surface area contributed by atoms with Crippen molar-refractivity contribution in [3.8, 4) is 11.5 Å². The predicted octanol–water partition coefficient (Wildman–Crippen LogP) is 4.96. The molecule has 0 aromatic heterocycles. The van der Waals surface area contributed by atoms with Crippen LogP contribution in [0.5, 0.6) is 11.5 Å². The number of phenolic OH excluding ortho intramolecular Hbond substituents is 1. The molecule has 3 rings (SSSR count). The van der Waals surface area contributed by atoms with Gasteiger partial charge in [-0.3, -0.25) is 0 Å². The summed E-state index contributed by atoms with van der Waals surface area (Å²) in [7, 11) is 0. The molecule has 1 heterocycles. The van der Waals surface area contributed by atoms with Gasteiger partial charge in [0, 0.05) is 17.4 Å². The Bertz CT molecular complexity index is 583. The van der Waals surface area contributed by atoms with Gasteiger partial charge < -0.3 is 9.84 Å². The van der Waals surface area contributed by atoms with E-state index in [2.05, 4.69) is 39.8 Å². The van der Waals surface area contributed by atoms with Crippen molar-refractivity contribution >= 4 is 0 Å². The van der Waals surface area contributed by atoms with Crippen LogP contribution in [0.4, 0.5) is 0 Å². The number of phenols is 1. The molecule has 1 aliphatic carbocycles. The number of benzene rings is 1. The zero-order chi connectivity index (χ0) is 15.2. The van der Waals surface area contributed by atoms with Gasteiger partial charge in [0.2, 0.25) is 0 Å². The van der Waals surface area contributed by atoms with Crippen molar-refractivity contribution in [2.75, 3.05) is 0 Å². The molecule has 1 aromatic rings. The first-order valence-corrected chi connectivity index (χ1v) is 8.12. The van der Waals surface area contributed by atoms with Crippen molar-refractivity contribution in [2.45, 2.75) is 64.9 Å². The Kier molecular flexibility index (Phi) is 3.51. The van der Waals surface area contributed by atoms with Crippen molar-refractivity contribution in [2.24, 2.45) is 5.92 Å². The second kappa shape index (κ2) is 5.08. The summed E-state index contributed by atoms with van der Waals surface area (Å²) in [6.45, 7) is 8.73. The van der Waals surface area contributed by atoms with E-state index in [1.165, 1.54) is 11.1 Å². The molecule has 0 saturated carbocycles. The normalized spacial score (nSPS) is 26.4. The van der Waals surface area contributed by atoms with E-state index in [-0.39, 0.29) is 5.60 Å². The number of ether oxygens (including phenoxy) is 1. The van der Waals surface area contributed by atoms with Crippen LogP contribution in [-0.4, -0.2) is 10.7 Å². The number of allylic oxidation sites excluding steroid dienone is 2. The monoisotopic (exact) mass is 286 g/mol. The number of rotatable bonds is 2. The van der Waals surface area contributed by atoms with Crippen LogP contribution in [0.1, 0.15) is 64.0 Å². The van der Waals surface area contributed by atoms with Gasteiger partial charge in [-0.25, -0.2) is 0 Å². The second-order valence-electron chi connectivity index (χ2n) is 7.19. The predicted molar refractivity (Wildman–Crippen MR) is 86.0 cm³/mol. The molecule has 2 atom stereocenters. The smallest absolute Gasteiger partial charge is 0.127 e. The number of hydrogen-bond acceptors (Lipinski definition) is 2. The van der Waals surface area contributed by atoms with Gasteiger partial charge >= 0.3 is 0 Å². The molecule has 1 N–H and O–H groups in total. The number of aryl methyl sites for hydroxylation is 1. The van der Waals surface area contributed by atoms with Crippen LogP contribution >= 0.6 is 0 Å². The van der Waals surface area contributed by atoms with Crippen LogP contribution in [-0.2, 0) is 6.42 Å².